The highest BCUT2D eigenvalue weighted by atomic mass is 35.5. The number of halogens is 1. The van der Waals surface area contributed by atoms with Crippen molar-refractivity contribution in [1.29, 1.82) is 0 Å². The number of para-hydroxylation sites is 1. The van der Waals surface area contributed by atoms with Crippen LogP contribution >= 0.6 is 11.6 Å². The fraction of sp³-hybridized carbons (Fsp3) is 0.286. The van der Waals surface area contributed by atoms with Crippen LogP contribution in [-0.2, 0) is 4.74 Å². The summed E-state index contributed by atoms with van der Waals surface area (Å²) in [6.07, 6.45) is 0. The van der Waals surface area contributed by atoms with Gasteiger partial charge in [0.2, 0.25) is 0 Å². The molecule has 0 saturated heterocycles. The number of nitrogens with zero attached hydrogens (tertiary/aromatic N) is 1. The molecule has 2 rings (SSSR count). The number of pyridine rings is 1. The molecule has 0 atom stereocenters. The first kappa shape index (κ1) is 12.8. The first-order chi connectivity index (χ1) is 8.37. The average molecular weight is 264 g/mol. The molecule has 94 valence electrons. The lowest BCUT2D eigenvalue weighted by molar-refractivity contribution is 0.00633. The van der Waals surface area contributed by atoms with Gasteiger partial charge in [0.1, 0.15) is 5.60 Å². The first-order valence-corrected chi connectivity index (χ1v) is 6.03. The Morgan fingerprint density at radius 3 is 2.61 bits per heavy atom. The fourth-order valence-electron chi connectivity index (χ4n) is 1.57. The summed E-state index contributed by atoms with van der Waals surface area (Å²) in [6, 6.07) is 8.95. The summed E-state index contributed by atoms with van der Waals surface area (Å²) in [7, 11) is 0. The van der Waals surface area contributed by atoms with Gasteiger partial charge in [-0.05, 0) is 32.9 Å². The number of benzene rings is 1. The number of hydrogen-bond donors (Lipinski definition) is 0. The van der Waals surface area contributed by atoms with Crippen molar-refractivity contribution in [3.05, 3.63) is 41.0 Å². The zero-order valence-electron chi connectivity index (χ0n) is 10.5. The highest BCUT2D eigenvalue weighted by Crippen LogP contribution is 2.23. The van der Waals surface area contributed by atoms with E-state index in [1.807, 2.05) is 45.0 Å². The minimum Gasteiger partial charge on any atom is -0.455 e. The molecule has 0 radical (unpaired) electrons. The molecular weight excluding hydrogens is 250 g/mol. The largest absolute Gasteiger partial charge is 0.455 e. The highest BCUT2D eigenvalue weighted by Gasteiger charge is 2.19. The third-order valence-electron chi connectivity index (χ3n) is 2.27. The van der Waals surface area contributed by atoms with Gasteiger partial charge in [-0.1, -0.05) is 29.8 Å². The lowest BCUT2D eigenvalue weighted by Gasteiger charge is -2.19. The van der Waals surface area contributed by atoms with E-state index in [1.165, 1.54) is 6.07 Å². The molecule has 0 aliphatic heterocycles. The minimum atomic E-state index is -0.545. The standard InChI is InChI=1S/C14H14ClNO2/c1-14(2,3)18-13(17)12-8-10(15)9-6-4-5-7-11(9)16-12/h4-8H,1-3H3. The predicted octanol–water partition coefficient (Wildman–Crippen LogP) is 3.84. The Morgan fingerprint density at radius 1 is 1.28 bits per heavy atom. The second-order valence-corrected chi connectivity index (χ2v) is 5.42. The second-order valence-electron chi connectivity index (χ2n) is 5.01. The van der Waals surface area contributed by atoms with E-state index in [1.54, 1.807) is 0 Å². The van der Waals surface area contributed by atoms with Crippen LogP contribution in [0.1, 0.15) is 31.3 Å². The number of fused-ring (bicyclic) bond motifs is 1. The second kappa shape index (κ2) is 4.58. The van der Waals surface area contributed by atoms with Gasteiger partial charge in [0.05, 0.1) is 10.5 Å². The van der Waals surface area contributed by atoms with Crippen LogP contribution in [0.4, 0.5) is 0 Å². The average Bonchev–Trinajstić information content (AvgIpc) is 2.26. The summed E-state index contributed by atoms with van der Waals surface area (Å²) in [5.41, 5.74) is 0.371. The minimum absolute atomic E-state index is 0.230. The maximum atomic E-state index is 11.9. The van der Waals surface area contributed by atoms with E-state index in [9.17, 15) is 4.79 Å². The van der Waals surface area contributed by atoms with Gasteiger partial charge in [0.25, 0.3) is 0 Å². The Morgan fingerprint density at radius 2 is 1.94 bits per heavy atom. The molecule has 0 amide bonds. The van der Waals surface area contributed by atoms with Gasteiger partial charge in [0, 0.05) is 5.39 Å². The number of ether oxygens (including phenoxy) is 1. The molecule has 1 heterocycles. The van der Waals surface area contributed by atoms with Crippen molar-refractivity contribution in [1.82, 2.24) is 4.98 Å². The quantitative estimate of drug-likeness (QED) is 0.734. The molecule has 3 nitrogen and oxygen atoms in total. The third-order valence-corrected chi connectivity index (χ3v) is 2.59. The maximum Gasteiger partial charge on any atom is 0.357 e. The monoisotopic (exact) mass is 263 g/mol. The lowest BCUT2D eigenvalue weighted by Crippen LogP contribution is -2.24. The zero-order chi connectivity index (χ0) is 13.3. The van der Waals surface area contributed by atoms with E-state index in [-0.39, 0.29) is 5.69 Å². The Balaban J connectivity index is 2.44. The molecule has 0 spiro atoms. The molecule has 0 aliphatic rings. The van der Waals surface area contributed by atoms with E-state index in [0.717, 1.165) is 5.39 Å². The summed E-state index contributed by atoms with van der Waals surface area (Å²) in [5.74, 6) is -0.463. The highest BCUT2D eigenvalue weighted by molar-refractivity contribution is 6.35. The number of carbonyl (C=O) groups excluding carboxylic acids is 1. The number of esters is 1. The van der Waals surface area contributed by atoms with Crippen LogP contribution in [0.3, 0.4) is 0 Å². The summed E-state index contributed by atoms with van der Waals surface area (Å²) in [6.45, 7) is 5.44. The molecule has 1 aromatic carbocycles. The van der Waals surface area contributed by atoms with E-state index >= 15 is 0 Å². The summed E-state index contributed by atoms with van der Waals surface area (Å²) >= 11 is 6.13. The number of hydrogen-bond acceptors (Lipinski definition) is 3. The van der Waals surface area contributed by atoms with Crippen molar-refractivity contribution in [3.8, 4) is 0 Å². The predicted molar refractivity (Wildman–Crippen MR) is 71.9 cm³/mol. The maximum absolute atomic E-state index is 11.9. The summed E-state index contributed by atoms with van der Waals surface area (Å²) < 4.78 is 5.27. The molecule has 18 heavy (non-hydrogen) atoms. The van der Waals surface area contributed by atoms with Crippen LogP contribution in [0.2, 0.25) is 5.02 Å². The molecule has 1 aromatic heterocycles. The zero-order valence-corrected chi connectivity index (χ0v) is 11.3. The van der Waals surface area contributed by atoms with Crippen LogP contribution in [0, 0.1) is 0 Å². The van der Waals surface area contributed by atoms with Crippen molar-refractivity contribution >= 4 is 28.5 Å². The Bertz CT molecular complexity index is 602. The number of aromatic nitrogens is 1. The van der Waals surface area contributed by atoms with E-state index in [0.29, 0.717) is 10.5 Å². The van der Waals surface area contributed by atoms with Crippen molar-refractivity contribution in [3.63, 3.8) is 0 Å². The smallest absolute Gasteiger partial charge is 0.357 e. The molecule has 0 unspecified atom stereocenters. The molecule has 0 N–H and O–H groups in total. The van der Waals surface area contributed by atoms with Gasteiger partial charge in [-0.15, -0.1) is 0 Å². The van der Waals surface area contributed by atoms with Crippen molar-refractivity contribution in [2.45, 2.75) is 26.4 Å². The van der Waals surface area contributed by atoms with Gasteiger partial charge in [-0.3, -0.25) is 0 Å². The molecule has 0 saturated carbocycles. The van der Waals surface area contributed by atoms with Gasteiger partial charge < -0.3 is 4.74 Å². The van der Waals surface area contributed by atoms with Crippen LogP contribution in [0.5, 0.6) is 0 Å². The topological polar surface area (TPSA) is 39.2 Å². The Kier molecular flexibility index (Phi) is 3.26. The van der Waals surface area contributed by atoms with Crippen molar-refractivity contribution in [2.75, 3.05) is 0 Å². The molecule has 0 bridgehead atoms. The fourth-order valence-corrected chi connectivity index (χ4v) is 1.83. The summed E-state index contributed by atoms with van der Waals surface area (Å²) in [4.78, 5) is 16.2. The number of carbonyl (C=O) groups is 1. The van der Waals surface area contributed by atoms with Crippen LogP contribution in [0.15, 0.2) is 30.3 Å². The van der Waals surface area contributed by atoms with Gasteiger partial charge in [-0.25, -0.2) is 9.78 Å². The SMILES string of the molecule is CC(C)(C)OC(=O)c1cc(Cl)c2ccccc2n1. The first-order valence-electron chi connectivity index (χ1n) is 5.65. The molecular formula is C14H14ClNO2. The van der Waals surface area contributed by atoms with Crippen molar-refractivity contribution in [2.24, 2.45) is 0 Å². The molecule has 4 heteroatoms. The van der Waals surface area contributed by atoms with Crippen molar-refractivity contribution < 1.29 is 9.53 Å². The summed E-state index contributed by atoms with van der Waals surface area (Å²) in [5, 5.41) is 1.33. The third kappa shape index (κ3) is 2.79. The molecule has 2 aromatic rings. The molecule has 0 fully saturated rings. The normalized spacial score (nSPS) is 11.6. The van der Waals surface area contributed by atoms with Crippen LogP contribution in [0.25, 0.3) is 10.9 Å². The van der Waals surface area contributed by atoms with E-state index in [4.69, 9.17) is 16.3 Å². The Labute approximate surface area is 111 Å². The van der Waals surface area contributed by atoms with Crippen LogP contribution in [-0.4, -0.2) is 16.6 Å². The van der Waals surface area contributed by atoms with E-state index in [2.05, 4.69) is 4.98 Å². The van der Waals surface area contributed by atoms with Gasteiger partial charge >= 0.3 is 5.97 Å². The Hall–Kier alpha value is -1.61. The van der Waals surface area contributed by atoms with Gasteiger partial charge in [-0.2, -0.15) is 0 Å². The molecule has 0 aliphatic carbocycles. The lowest BCUT2D eigenvalue weighted by atomic mass is 10.2. The van der Waals surface area contributed by atoms with Crippen LogP contribution < -0.4 is 0 Å². The number of rotatable bonds is 1. The van der Waals surface area contributed by atoms with E-state index < -0.39 is 11.6 Å². The van der Waals surface area contributed by atoms with Gasteiger partial charge in [0.15, 0.2) is 5.69 Å².